The first-order chi connectivity index (χ1) is 15.5. The molecule has 0 amide bonds. The lowest BCUT2D eigenvalue weighted by Crippen LogP contribution is -2.44. The number of hydrogen-bond donors (Lipinski definition) is 2. The molecule has 4 aromatic rings. The Morgan fingerprint density at radius 1 is 1.09 bits per heavy atom. The average Bonchev–Trinajstić information content (AvgIpc) is 3.20. The lowest BCUT2D eigenvalue weighted by Gasteiger charge is -2.33. The summed E-state index contributed by atoms with van der Waals surface area (Å²) < 4.78 is 31.3. The number of nitrogens with one attached hydrogen (secondary N) is 1. The summed E-state index contributed by atoms with van der Waals surface area (Å²) in [6.45, 7) is 0. The van der Waals surface area contributed by atoms with Crippen molar-refractivity contribution in [3.63, 3.8) is 0 Å². The van der Waals surface area contributed by atoms with E-state index >= 15 is 0 Å². The topological polar surface area (TPSA) is 106 Å². The predicted molar refractivity (Wildman–Crippen MR) is 122 cm³/mol. The van der Waals surface area contributed by atoms with Crippen molar-refractivity contribution >= 4 is 45.6 Å². The van der Waals surface area contributed by atoms with Gasteiger partial charge in [-0.1, -0.05) is 42.1 Å². The van der Waals surface area contributed by atoms with Crippen molar-refractivity contribution in [1.82, 2.24) is 4.98 Å². The number of carbonyl (C=O) groups is 1. The number of carboxylic acid groups (broad SMARTS) is 1. The molecule has 1 aromatic heterocycles. The van der Waals surface area contributed by atoms with Gasteiger partial charge in [-0.3, -0.25) is 8.51 Å². The van der Waals surface area contributed by atoms with Gasteiger partial charge in [0.25, 0.3) is 0 Å². The zero-order valence-electron chi connectivity index (χ0n) is 16.6. The molecule has 32 heavy (non-hydrogen) atoms. The number of para-hydroxylation sites is 2. The van der Waals surface area contributed by atoms with Crippen molar-refractivity contribution < 1.29 is 23.4 Å². The van der Waals surface area contributed by atoms with Gasteiger partial charge in [-0.25, -0.2) is 4.79 Å². The summed E-state index contributed by atoms with van der Waals surface area (Å²) in [5.41, 5.74) is 1.86. The van der Waals surface area contributed by atoms with Crippen LogP contribution in [0, 0.1) is 0 Å². The number of ether oxygens (including phenoxy) is 1. The zero-order chi connectivity index (χ0) is 22.2. The molecule has 0 aliphatic carbocycles. The first kappa shape index (κ1) is 20.6. The normalized spacial score (nSPS) is 14.2. The van der Waals surface area contributed by atoms with Gasteiger partial charge >= 0.3 is 5.97 Å². The van der Waals surface area contributed by atoms with Crippen molar-refractivity contribution in [3.05, 3.63) is 78.5 Å². The fourth-order valence-corrected chi connectivity index (χ4v) is 5.44. The van der Waals surface area contributed by atoms with Gasteiger partial charge in [0.05, 0.1) is 15.5 Å². The van der Waals surface area contributed by atoms with Crippen LogP contribution >= 0.6 is 11.8 Å². The number of H-pyrrole nitrogens is 1. The Labute approximate surface area is 190 Å². The van der Waals surface area contributed by atoms with Crippen LogP contribution in [-0.2, 0) is 22.5 Å². The van der Waals surface area contributed by atoms with Crippen LogP contribution in [0.15, 0.2) is 82.7 Å². The first-order valence-electron chi connectivity index (χ1n) is 9.76. The standard InChI is InChI=1S/C23H18N2O5S2/c26-23(27)18(11-14-13-24-17-6-2-1-5-16(14)17)25(32(28)29)15-9-10-20-22(12-15)31-21-8-4-3-7-19(21)30-20/h1-10,12-13,18,24H,11H2,(H,26,27)(H,28,29)/p-1. The van der Waals surface area contributed by atoms with Gasteiger partial charge in [0, 0.05) is 34.8 Å². The Kier molecular flexibility index (Phi) is 5.38. The maximum atomic E-state index is 12.2. The molecule has 3 aromatic carbocycles. The lowest BCUT2D eigenvalue weighted by atomic mass is 10.0. The number of fused-ring (bicyclic) bond motifs is 3. The molecule has 9 heteroatoms. The summed E-state index contributed by atoms with van der Waals surface area (Å²) in [7, 11) is 0. The third-order valence-corrected chi connectivity index (χ3v) is 7.17. The van der Waals surface area contributed by atoms with Crippen LogP contribution in [0.5, 0.6) is 11.5 Å². The van der Waals surface area contributed by atoms with Crippen molar-refractivity contribution in [2.75, 3.05) is 4.31 Å². The minimum atomic E-state index is -2.80. The quantitative estimate of drug-likeness (QED) is 0.352. The number of nitrogens with zero attached hydrogens (tertiary/aromatic N) is 1. The van der Waals surface area contributed by atoms with Crippen molar-refractivity contribution in [1.29, 1.82) is 0 Å². The van der Waals surface area contributed by atoms with E-state index < -0.39 is 23.3 Å². The van der Waals surface area contributed by atoms with Crippen LogP contribution in [0.2, 0.25) is 0 Å². The first-order valence-corrected chi connectivity index (χ1v) is 11.6. The van der Waals surface area contributed by atoms with Crippen LogP contribution in [0.3, 0.4) is 0 Å². The molecule has 1 aliphatic rings. The summed E-state index contributed by atoms with van der Waals surface area (Å²) >= 11 is -1.36. The molecule has 5 rings (SSSR count). The molecule has 0 bridgehead atoms. The highest BCUT2D eigenvalue weighted by atomic mass is 32.2. The third kappa shape index (κ3) is 3.75. The molecule has 7 nitrogen and oxygen atoms in total. The molecule has 162 valence electrons. The molecule has 2 unspecified atom stereocenters. The molecular formula is C23H17N2O5S2-. The van der Waals surface area contributed by atoms with Crippen LogP contribution in [-0.4, -0.2) is 30.9 Å². The summed E-state index contributed by atoms with van der Waals surface area (Å²) in [5.74, 6) is 0.0915. The van der Waals surface area contributed by atoms with E-state index in [0.29, 0.717) is 10.6 Å². The van der Waals surface area contributed by atoms with Crippen molar-refractivity contribution in [2.24, 2.45) is 0 Å². The minimum Gasteiger partial charge on any atom is -0.755 e. The number of aliphatic carboxylic acids is 1. The Balaban J connectivity index is 1.51. The van der Waals surface area contributed by atoms with E-state index in [1.54, 1.807) is 24.4 Å². The van der Waals surface area contributed by atoms with E-state index in [2.05, 4.69) is 4.98 Å². The number of anilines is 1. The SMILES string of the molecule is O=C(O)C(Cc1c[nH]c2ccccc12)N(c1ccc2c(c1)Sc1ccccc1O2)S(=O)[O-]. The minimum absolute atomic E-state index is 0.0108. The monoisotopic (exact) mass is 465 g/mol. The molecule has 0 radical (unpaired) electrons. The Hall–Kier alpha value is -3.27. The zero-order valence-corrected chi connectivity index (χ0v) is 18.2. The molecule has 0 fully saturated rings. The number of hydrogen-bond acceptors (Lipinski definition) is 5. The second kappa shape index (κ2) is 8.34. The van der Waals surface area contributed by atoms with E-state index in [1.165, 1.54) is 11.8 Å². The molecule has 1 aliphatic heterocycles. The van der Waals surface area contributed by atoms with Crippen LogP contribution in [0.4, 0.5) is 5.69 Å². The molecule has 2 N–H and O–H groups in total. The fourth-order valence-electron chi connectivity index (χ4n) is 3.80. The van der Waals surface area contributed by atoms with Gasteiger partial charge in [-0.05, 0) is 42.0 Å². The summed E-state index contributed by atoms with van der Waals surface area (Å²) in [6.07, 6.45) is 1.73. The molecular weight excluding hydrogens is 448 g/mol. The molecule has 0 spiro atoms. The number of carboxylic acids is 1. The van der Waals surface area contributed by atoms with Crippen LogP contribution in [0.25, 0.3) is 10.9 Å². The lowest BCUT2D eigenvalue weighted by molar-refractivity contribution is -0.138. The van der Waals surface area contributed by atoms with E-state index in [-0.39, 0.29) is 12.1 Å². The maximum Gasteiger partial charge on any atom is 0.327 e. The van der Waals surface area contributed by atoms with Gasteiger partial charge in [0.15, 0.2) is 0 Å². The van der Waals surface area contributed by atoms with E-state index in [1.807, 2.05) is 48.5 Å². The maximum absolute atomic E-state index is 12.2. The third-order valence-electron chi connectivity index (χ3n) is 5.29. The highest BCUT2D eigenvalue weighted by molar-refractivity contribution is 7.99. The molecule has 2 atom stereocenters. The van der Waals surface area contributed by atoms with Crippen molar-refractivity contribution in [2.45, 2.75) is 22.3 Å². The van der Waals surface area contributed by atoms with Crippen LogP contribution in [0.1, 0.15) is 5.56 Å². The van der Waals surface area contributed by atoms with Gasteiger partial charge in [0.1, 0.15) is 17.5 Å². The number of aromatic nitrogens is 1. The molecule has 2 heterocycles. The molecule has 0 saturated heterocycles. The Morgan fingerprint density at radius 2 is 1.84 bits per heavy atom. The van der Waals surface area contributed by atoms with Crippen LogP contribution < -0.4 is 9.04 Å². The number of benzene rings is 3. The smallest absolute Gasteiger partial charge is 0.327 e. The van der Waals surface area contributed by atoms with E-state index in [9.17, 15) is 18.7 Å². The van der Waals surface area contributed by atoms with Gasteiger partial charge in [-0.15, -0.1) is 0 Å². The average molecular weight is 466 g/mol. The fraction of sp³-hybridized carbons (Fsp3) is 0.0870. The summed E-state index contributed by atoms with van der Waals surface area (Å²) in [4.78, 5) is 16.9. The second-order valence-electron chi connectivity index (χ2n) is 7.24. The number of rotatable bonds is 6. The van der Waals surface area contributed by atoms with E-state index in [0.717, 1.165) is 31.4 Å². The van der Waals surface area contributed by atoms with Gasteiger partial charge in [-0.2, -0.15) is 0 Å². The van der Waals surface area contributed by atoms with Crippen molar-refractivity contribution in [3.8, 4) is 11.5 Å². The van der Waals surface area contributed by atoms with E-state index in [4.69, 9.17) is 4.74 Å². The Bertz CT molecular complexity index is 1350. The van der Waals surface area contributed by atoms with Gasteiger partial charge < -0.3 is 19.4 Å². The predicted octanol–water partition coefficient (Wildman–Crippen LogP) is 4.72. The Morgan fingerprint density at radius 3 is 2.66 bits per heavy atom. The summed E-state index contributed by atoms with van der Waals surface area (Å²) in [6, 6.07) is 18.6. The molecule has 0 saturated carbocycles. The number of aromatic amines is 1. The highest BCUT2D eigenvalue weighted by Crippen LogP contribution is 2.48. The highest BCUT2D eigenvalue weighted by Gasteiger charge is 2.30. The van der Waals surface area contributed by atoms with Gasteiger partial charge in [0.2, 0.25) is 0 Å². The largest absolute Gasteiger partial charge is 0.755 e. The second-order valence-corrected chi connectivity index (χ2v) is 9.15. The summed E-state index contributed by atoms with van der Waals surface area (Å²) in [5, 5.41) is 10.8.